The van der Waals surface area contributed by atoms with Crippen LogP contribution in [-0.4, -0.2) is 5.97 Å². The molecule has 0 radical (unpaired) electrons. The first-order valence-corrected chi connectivity index (χ1v) is 10.5. The van der Waals surface area contributed by atoms with E-state index in [9.17, 15) is 13.6 Å². The summed E-state index contributed by atoms with van der Waals surface area (Å²) in [4.78, 5) is 12.2. The molecular weight excluding hydrogens is 394 g/mol. The molecular formula is C27H26F2O2. The maximum Gasteiger partial charge on any atom is 0.336 e. The first-order chi connectivity index (χ1) is 14.9. The number of halogens is 2. The van der Waals surface area contributed by atoms with Crippen LogP contribution in [0.3, 0.4) is 0 Å². The SMILES string of the molecule is CCc1ccc(-c2ccc(/C=C/C(=O)Oc3cc(F)c(CC)c(CC)c3)c(F)c2)cc1. The molecule has 0 bridgehead atoms. The summed E-state index contributed by atoms with van der Waals surface area (Å²) in [7, 11) is 0. The third-order valence-corrected chi connectivity index (χ3v) is 5.31. The lowest BCUT2D eigenvalue weighted by molar-refractivity contribution is -0.128. The number of ether oxygens (including phenoxy) is 1. The molecule has 31 heavy (non-hydrogen) atoms. The van der Waals surface area contributed by atoms with E-state index in [-0.39, 0.29) is 17.1 Å². The van der Waals surface area contributed by atoms with Crippen LogP contribution in [0.15, 0.2) is 60.7 Å². The molecule has 4 heteroatoms. The summed E-state index contributed by atoms with van der Waals surface area (Å²) in [5, 5.41) is 0. The van der Waals surface area contributed by atoms with E-state index in [1.54, 1.807) is 18.2 Å². The van der Waals surface area contributed by atoms with Gasteiger partial charge < -0.3 is 4.74 Å². The fraction of sp³-hybridized carbons (Fsp3) is 0.222. The lowest BCUT2D eigenvalue weighted by Crippen LogP contribution is -2.06. The quantitative estimate of drug-likeness (QED) is 0.235. The van der Waals surface area contributed by atoms with Crippen molar-refractivity contribution in [1.29, 1.82) is 0 Å². The molecule has 0 aliphatic rings. The van der Waals surface area contributed by atoms with Gasteiger partial charge in [-0.2, -0.15) is 0 Å². The molecule has 0 aliphatic carbocycles. The van der Waals surface area contributed by atoms with Crippen molar-refractivity contribution in [2.45, 2.75) is 40.0 Å². The van der Waals surface area contributed by atoms with Crippen LogP contribution in [0.4, 0.5) is 8.78 Å². The number of hydrogen-bond donors (Lipinski definition) is 0. The van der Waals surface area contributed by atoms with Gasteiger partial charge in [0.05, 0.1) is 0 Å². The second kappa shape index (κ2) is 10.2. The highest BCUT2D eigenvalue weighted by Crippen LogP contribution is 2.25. The topological polar surface area (TPSA) is 26.3 Å². The summed E-state index contributed by atoms with van der Waals surface area (Å²) in [6.07, 6.45) is 4.66. The van der Waals surface area contributed by atoms with Crippen LogP contribution >= 0.6 is 0 Å². The summed E-state index contributed by atoms with van der Waals surface area (Å²) >= 11 is 0. The van der Waals surface area contributed by atoms with E-state index in [1.807, 2.05) is 38.1 Å². The number of benzene rings is 3. The minimum atomic E-state index is -0.690. The second-order valence-corrected chi connectivity index (χ2v) is 7.29. The number of aryl methyl sites for hydroxylation is 2. The standard InChI is InChI=1S/C27H26F2O2/c1-4-18-7-9-20(10-8-18)22-12-11-21(25(28)16-22)13-14-27(30)31-23-15-19(5-2)24(6-3)26(29)17-23/h7-17H,4-6H2,1-3H3/b14-13+. The zero-order valence-electron chi connectivity index (χ0n) is 18.0. The summed E-state index contributed by atoms with van der Waals surface area (Å²) in [5.41, 5.74) is 4.62. The zero-order chi connectivity index (χ0) is 22.4. The molecule has 160 valence electrons. The van der Waals surface area contributed by atoms with E-state index in [4.69, 9.17) is 4.74 Å². The van der Waals surface area contributed by atoms with Crippen molar-refractivity contribution in [1.82, 2.24) is 0 Å². The van der Waals surface area contributed by atoms with Crippen LogP contribution < -0.4 is 4.74 Å². The number of rotatable bonds is 7. The molecule has 0 spiro atoms. The first kappa shape index (κ1) is 22.4. The third-order valence-electron chi connectivity index (χ3n) is 5.31. The van der Waals surface area contributed by atoms with E-state index >= 15 is 0 Å². The number of esters is 1. The first-order valence-electron chi connectivity index (χ1n) is 10.5. The Bertz CT molecular complexity index is 1100. The minimum Gasteiger partial charge on any atom is -0.423 e. The molecule has 0 saturated heterocycles. The van der Waals surface area contributed by atoms with Gasteiger partial charge in [-0.15, -0.1) is 0 Å². The smallest absolute Gasteiger partial charge is 0.336 e. The van der Waals surface area contributed by atoms with Crippen LogP contribution in [0, 0.1) is 11.6 Å². The number of carbonyl (C=O) groups is 1. The fourth-order valence-electron chi connectivity index (χ4n) is 3.52. The number of carbonyl (C=O) groups excluding carboxylic acids is 1. The highest BCUT2D eigenvalue weighted by Gasteiger charge is 2.11. The normalized spacial score (nSPS) is 11.1. The predicted octanol–water partition coefficient (Wildman–Crippen LogP) is 6.94. The van der Waals surface area contributed by atoms with Crippen LogP contribution in [-0.2, 0) is 24.1 Å². The molecule has 0 atom stereocenters. The van der Waals surface area contributed by atoms with Gasteiger partial charge in [0.1, 0.15) is 17.4 Å². The van der Waals surface area contributed by atoms with E-state index in [0.717, 1.165) is 29.2 Å². The summed E-state index contributed by atoms with van der Waals surface area (Å²) in [6, 6.07) is 15.7. The molecule has 2 nitrogen and oxygen atoms in total. The van der Waals surface area contributed by atoms with Crippen LogP contribution in [0.5, 0.6) is 5.75 Å². The van der Waals surface area contributed by atoms with Crippen molar-refractivity contribution < 1.29 is 18.3 Å². The highest BCUT2D eigenvalue weighted by atomic mass is 19.1. The van der Waals surface area contributed by atoms with Gasteiger partial charge in [-0.25, -0.2) is 13.6 Å². The van der Waals surface area contributed by atoms with Gasteiger partial charge in [-0.05, 0) is 65.3 Å². The monoisotopic (exact) mass is 420 g/mol. The molecule has 0 aliphatic heterocycles. The van der Waals surface area contributed by atoms with Crippen molar-refractivity contribution >= 4 is 12.0 Å². The molecule has 0 heterocycles. The van der Waals surface area contributed by atoms with Crippen LogP contribution in [0.2, 0.25) is 0 Å². The van der Waals surface area contributed by atoms with Gasteiger partial charge >= 0.3 is 5.97 Å². The Morgan fingerprint density at radius 3 is 2.16 bits per heavy atom. The average Bonchev–Trinajstić information content (AvgIpc) is 2.77. The van der Waals surface area contributed by atoms with Gasteiger partial charge in [0.15, 0.2) is 0 Å². The Labute approximate surface area is 182 Å². The molecule has 3 aromatic carbocycles. The van der Waals surface area contributed by atoms with Crippen molar-refractivity contribution in [2.24, 2.45) is 0 Å². The van der Waals surface area contributed by atoms with Gasteiger partial charge in [0.2, 0.25) is 0 Å². The summed E-state index contributed by atoms with van der Waals surface area (Å²) in [6.45, 7) is 5.89. The zero-order valence-corrected chi connectivity index (χ0v) is 18.0. The average molecular weight is 420 g/mol. The molecule has 0 aromatic heterocycles. The molecule has 3 aromatic rings. The highest BCUT2D eigenvalue weighted by molar-refractivity contribution is 5.89. The fourth-order valence-corrected chi connectivity index (χ4v) is 3.52. The Kier molecular flexibility index (Phi) is 7.35. The molecule has 0 unspecified atom stereocenters. The Morgan fingerprint density at radius 2 is 1.55 bits per heavy atom. The Balaban J connectivity index is 1.72. The van der Waals surface area contributed by atoms with Crippen LogP contribution in [0.25, 0.3) is 17.2 Å². The molecule has 0 fully saturated rings. The van der Waals surface area contributed by atoms with Gasteiger partial charge in [0, 0.05) is 17.7 Å². The summed E-state index contributed by atoms with van der Waals surface area (Å²) in [5.74, 6) is -1.37. The Hall–Kier alpha value is -3.27. The van der Waals surface area contributed by atoms with Gasteiger partial charge in [-0.1, -0.05) is 57.2 Å². The predicted molar refractivity (Wildman–Crippen MR) is 121 cm³/mol. The van der Waals surface area contributed by atoms with Gasteiger partial charge in [-0.3, -0.25) is 0 Å². The largest absolute Gasteiger partial charge is 0.423 e. The van der Waals surface area contributed by atoms with E-state index in [0.29, 0.717) is 18.4 Å². The van der Waals surface area contributed by atoms with E-state index < -0.39 is 11.8 Å². The number of hydrogen-bond acceptors (Lipinski definition) is 2. The third kappa shape index (κ3) is 5.46. The molecule has 3 rings (SSSR count). The molecule has 0 N–H and O–H groups in total. The summed E-state index contributed by atoms with van der Waals surface area (Å²) < 4.78 is 34.0. The van der Waals surface area contributed by atoms with Gasteiger partial charge in [0.25, 0.3) is 0 Å². The maximum absolute atomic E-state index is 14.5. The molecule has 0 amide bonds. The lowest BCUT2D eigenvalue weighted by atomic mass is 10.0. The van der Waals surface area contributed by atoms with Crippen molar-refractivity contribution in [3.63, 3.8) is 0 Å². The minimum absolute atomic E-state index is 0.146. The lowest BCUT2D eigenvalue weighted by Gasteiger charge is -2.10. The van der Waals surface area contributed by atoms with E-state index in [2.05, 4.69) is 6.92 Å². The second-order valence-electron chi connectivity index (χ2n) is 7.29. The Morgan fingerprint density at radius 1 is 0.839 bits per heavy atom. The van der Waals surface area contributed by atoms with Crippen LogP contribution in [0.1, 0.15) is 43.0 Å². The maximum atomic E-state index is 14.5. The van der Waals surface area contributed by atoms with Crippen molar-refractivity contribution in [2.75, 3.05) is 0 Å². The molecule has 0 saturated carbocycles. The van der Waals surface area contributed by atoms with Crippen molar-refractivity contribution in [3.05, 3.63) is 94.6 Å². The van der Waals surface area contributed by atoms with Crippen molar-refractivity contribution in [3.8, 4) is 16.9 Å². The van der Waals surface area contributed by atoms with E-state index in [1.165, 1.54) is 23.8 Å².